The van der Waals surface area contributed by atoms with Gasteiger partial charge in [-0.25, -0.2) is 0 Å². The third-order valence-corrected chi connectivity index (χ3v) is 3.10. The molecule has 0 aromatic heterocycles. The van der Waals surface area contributed by atoms with Gasteiger partial charge in [0.1, 0.15) is 11.5 Å². The number of hydrogen-bond acceptors (Lipinski definition) is 4. The van der Waals surface area contributed by atoms with Crippen molar-refractivity contribution in [3.05, 3.63) is 54.1 Å². The molecule has 5 nitrogen and oxygen atoms in total. The van der Waals surface area contributed by atoms with Crippen molar-refractivity contribution in [3.8, 4) is 11.5 Å². The molecule has 1 unspecified atom stereocenters. The fourth-order valence-corrected chi connectivity index (χ4v) is 1.93. The van der Waals surface area contributed by atoms with Crippen molar-refractivity contribution in [2.45, 2.75) is 12.5 Å². The molecular formula is C16H18N2O3. The van der Waals surface area contributed by atoms with Gasteiger partial charge in [0.2, 0.25) is 5.91 Å². The standard InChI is InChI=1S/C16H18N2O3/c1-21-12-7-8-15(19)14(10-12)18-16(20)13(17)9-11-5-3-2-4-6-11/h2-8,10,13,19H,9,17H2,1H3,(H,18,20). The van der Waals surface area contributed by atoms with Gasteiger partial charge in [0.25, 0.3) is 0 Å². The number of phenolic OH excluding ortho intramolecular Hbond substituents is 1. The third-order valence-electron chi connectivity index (χ3n) is 3.10. The highest BCUT2D eigenvalue weighted by molar-refractivity contribution is 5.96. The normalized spacial score (nSPS) is 11.7. The van der Waals surface area contributed by atoms with Crippen LogP contribution in [-0.4, -0.2) is 24.2 Å². The first-order valence-electron chi connectivity index (χ1n) is 6.57. The number of hydrogen-bond donors (Lipinski definition) is 3. The van der Waals surface area contributed by atoms with Gasteiger partial charge in [-0.1, -0.05) is 30.3 Å². The number of methoxy groups -OCH3 is 1. The Morgan fingerprint density at radius 2 is 2.00 bits per heavy atom. The molecule has 4 N–H and O–H groups in total. The molecule has 2 aromatic rings. The molecule has 2 rings (SSSR count). The largest absolute Gasteiger partial charge is 0.506 e. The van der Waals surface area contributed by atoms with E-state index >= 15 is 0 Å². The lowest BCUT2D eigenvalue weighted by Gasteiger charge is -2.14. The molecule has 5 heteroatoms. The molecule has 0 aliphatic heterocycles. The van der Waals surface area contributed by atoms with E-state index in [1.807, 2.05) is 30.3 Å². The minimum absolute atomic E-state index is 0.0314. The Morgan fingerprint density at radius 1 is 1.29 bits per heavy atom. The lowest BCUT2D eigenvalue weighted by Crippen LogP contribution is -2.37. The summed E-state index contributed by atoms with van der Waals surface area (Å²) in [5, 5.41) is 12.4. The minimum Gasteiger partial charge on any atom is -0.506 e. The Morgan fingerprint density at radius 3 is 2.67 bits per heavy atom. The molecule has 0 heterocycles. The summed E-state index contributed by atoms with van der Waals surface area (Å²) in [6.07, 6.45) is 0.428. The Labute approximate surface area is 123 Å². The first kappa shape index (κ1) is 14.9. The third kappa shape index (κ3) is 3.97. The Hall–Kier alpha value is -2.53. The van der Waals surface area contributed by atoms with Gasteiger partial charge in [0, 0.05) is 6.07 Å². The van der Waals surface area contributed by atoms with Crippen LogP contribution in [0.2, 0.25) is 0 Å². The highest BCUT2D eigenvalue weighted by Crippen LogP contribution is 2.27. The van der Waals surface area contributed by atoms with Crippen LogP contribution in [0.3, 0.4) is 0 Å². The van der Waals surface area contributed by atoms with E-state index < -0.39 is 6.04 Å². The summed E-state index contributed by atoms with van der Waals surface area (Å²) in [4.78, 5) is 12.1. The summed E-state index contributed by atoms with van der Waals surface area (Å²) in [6, 6.07) is 13.4. The lowest BCUT2D eigenvalue weighted by atomic mass is 10.1. The molecule has 0 saturated heterocycles. The predicted molar refractivity (Wildman–Crippen MR) is 81.4 cm³/mol. The molecule has 0 fully saturated rings. The quantitative estimate of drug-likeness (QED) is 0.733. The van der Waals surface area contributed by atoms with E-state index in [4.69, 9.17) is 10.5 Å². The monoisotopic (exact) mass is 286 g/mol. The molecule has 1 amide bonds. The van der Waals surface area contributed by atoms with Gasteiger partial charge < -0.3 is 20.9 Å². The zero-order valence-electron chi connectivity index (χ0n) is 11.7. The van der Waals surface area contributed by atoms with Crippen molar-refractivity contribution < 1.29 is 14.6 Å². The van der Waals surface area contributed by atoms with Crippen molar-refractivity contribution in [2.75, 3.05) is 12.4 Å². The first-order valence-corrected chi connectivity index (χ1v) is 6.57. The highest BCUT2D eigenvalue weighted by atomic mass is 16.5. The molecule has 0 bridgehead atoms. The Balaban J connectivity index is 2.04. The van der Waals surface area contributed by atoms with Gasteiger partial charge in [-0.3, -0.25) is 4.79 Å². The van der Waals surface area contributed by atoms with Crippen molar-refractivity contribution >= 4 is 11.6 Å². The number of aromatic hydroxyl groups is 1. The van der Waals surface area contributed by atoms with Crippen molar-refractivity contribution in [3.63, 3.8) is 0 Å². The maximum Gasteiger partial charge on any atom is 0.241 e. The van der Waals surface area contributed by atoms with Crippen LogP contribution in [0.4, 0.5) is 5.69 Å². The van der Waals surface area contributed by atoms with E-state index in [1.165, 1.54) is 13.2 Å². The van der Waals surface area contributed by atoms with E-state index in [9.17, 15) is 9.90 Å². The summed E-state index contributed by atoms with van der Waals surface area (Å²) >= 11 is 0. The van der Waals surface area contributed by atoms with Crippen molar-refractivity contribution in [1.82, 2.24) is 0 Å². The summed E-state index contributed by atoms with van der Waals surface area (Å²) in [5.41, 5.74) is 7.15. The van der Waals surface area contributed by atoms with Crippen LogP contribution in [-0.2, 0) is 11.2 Å². The highest BCUT2D eigenvalue weighted by Gasteiger charge is 2.16. The van der Waals surface area contributed by atoms with Gasteiger partial charge in [0.15, 0.2) is 0 Å². The van der Waals surface area contributed by atoms with Crippen LogP contribution in [0, 0.1) is 0 Å². The number of anilines is 1. The first-order chi connectivity index (χ1) is 10.1. The zero-order valence-corrected chi connectivity index (χ0v) is 11.7. The van der Waals surface area contributed by atoms with Gasteiger partial charge in [-0.2, -0.15) is 0 Å². The van der Waals surface area contributed by atoms with E-state index in [0.717, 1.165) is 5.56 Å². The number of amides is 1. The van der Waals surface area contributed by atoms with Gasteiger partial charge in [-0.15, -0.1) is 0 Å². The van der Waals surface area contributed by atoms with Crippen LogP contribution < -0.4 is 15.8 Å². The Bertz CT molecular complexity index is 614. The molecule has 0 aliphatic rings. The van der Waals surface area contributed by atoms with Crippen LogP contribution in [0.1, 0.15) is 5.56 Å². The second-order valence-electron chi connectivity index (χ2n) is 4.67. The van der Waals surface area contributed by atoms with Gasteiger partial charge in [0.05, 0.1) is 18.8 Å². The SMILES string of the molecule is COc1ccc(O)c(NC(=O)C(N)Cc2ccccc2)c1. The summed E-state index contributed by atoms with van der Waals surface area (Å²) in [6.45, 7) is 0. The number of carbonyl (C=O) groups excluding carboxylic acids is 1. The average Bonchev–Trinajstić information content (AvgIpc) is 2.50. The summed E-state index contributed by atoms with van der Waals surface area (Å²) in [7, 11) is 1.51. The molecule has 21 heavy (non-hydrogen) atoms. The van der Waals surface area contributed by atoms with E-state index in [1.54, 1.807) is 12.1 Å². The molecular weight excluding hydrogens is 268 g/mol. The Kier molecular flexibility index (Phi) is 4.79. The van der Waals surface area contributed by atoms with Crippen molar-refractivity contribution in [1.29, 1.82) is 0 Å². The lowest BCUT2D eigenvalue weighted by molar-refractivity contribution is -0.117. The molecule has 1 atom stereocenters. The summed E-state index contributed by atoms with van der Waals surface area (Å²) < 4.78 is 5.05. The number of nitrogens with two attached hydrogens (primary N) is 1. The number of carbonyl (C=O) groups is 1. The molecule has 0 saturated carbocycles. The second-order valence-corrected chi connectivity index (χ2v) is 4.67. The predicted octanol–water partition coefficient (Wildman–Crippen LogP) is 1.91. The number of benzene rings is 2. The second kappa shape index (κ2) is 6.76. The molecule has 0 radical (unpaired) electrons. The number of phenols is 1. The maximum atomic E-state index is 12.1. The van der Waals surface area contributed by atoms with Crippen molar-refractivity contribution in [2.24, 2.45) is 5.73 Å². The van der Waals surface area contributed by atoms with Crippen LogP contribution in [0.25, 0.3) is 0 Å². The molecule has 2 aromatic carbocycles. The molecule has 0 aliphatic carbocycles. The minimum atomic E-state index is -0.696. The number of rotatable bonds is 5. The maximum absolute atomic E-state index is 12.1. The van der Waals surface area contributed by atoms with E-state index in [2.05, 4.69) is 5.32 Å². The topological polar surface area (TPSA) is 84.6 Å². The van der Waals surface area contributed by atoms with E-state index in [-0.39, 0.29) is 17.3 Å². The number of nitrogens with one attached hydrogen (secondary N) is 1. The molecule has 0 spiro atoms. The summed E-state index contributed by atoms with van der Waals surface area (Å²) in [5.74, 6) is 0.151. The van der Waals surface area contributed by atoms with Gasteiger partial charge >= 0.3 is 0 Å². The fraction of sp³-hybridized carbons (Fsp3) is 0.188. The van der Waals surface area contributed by atoms with Gasteiger partial charge in [-0.05, 0) is 24.1 Å². The van der Waals surface area contributed by atoms with Crippen LogP contribution in [0.5, 0.6) is 11.5 Å². The number of ether oxygens (including phenoxy) is 1. The van der Waals surface area contributed by atoms with Crippen LogP contribution >= 0.6 is 0 Å². The average molecular weight is 286 g/mol. The molecule has 110 valence electrons. The van der Waals surface area contributed by atoms with Crippen LogP contribution in [0.15, 0.2) is 48.5 Å². The van der Waals surface area contributed by atoms with E-state index in [0.29, 0.717) is 12.2 Å². The zero-order chi connectivity index (χ0) is 15.2. The fourth-order valence-electron chi connectivity index (χ4n) is 1.93. The smallest absolute Gasteiger partial charge is 0.241 e.